The van der Waals surface area contributed by atoms with Gasteiger partial charge in [0.25, 0.3) is 0 Å². The lowest BCUT2D eigenvalue weighted by molar-refractivity contribution is -0.119. The molecule has 0 bridgehead atoms. The van der Waals surface area contributed by atoms with E-state index in [-0.39, 0.29) is 11.9 Å². The van der Waals surface area contributed by atoms with E-state index in [0.717, 1.165) is 15.3 Å². The van der Waals surface area contributed by atoms with Crippen molar-refractivity contribution in [3.8, 4) is 0 Å². The third-order valence-electron chi connectivity index (χ3n) is 4.13. The fourth-order valence-electron chi connectivity index (χ4n) is 2.58. The molecule has 0 aliphatic heterocycles. The average molecular weight is 360 g/mol. The molecule has 1 atom stereocenters. The molecular formula is C18H21N3OS2. The summed E-state index contributed by atoms with van der Waals surface area (Å²) in [6.07, 6.45) is 0. The molecule has 1 amide bonds. The van der Waals surface area contributed by atoms with E-state index in [9.17, 15) is 4.79 Å². The van der Waals surface area contributed by atoms with Crippen molar-refractivity contribution in [3.05, 3.63) is 46.7 Å². The second-order valence-corrected chi connectivity index (χ2v) is 7.70. The number of anilines is 1. The molecular weight excluding hydrogens is 338 g/mol. The number of carbonyl (C=O) groups excluding carboxylic acids is 1. The Morgan fingerprint density at radius 3 is 2.71 bits per heavy atom. The van der Waals surface area contributed by atoms with Gasteiger partial charge in [-0.2, -0.15) is 0 Å². The number of carbonyl (C=O) groups is 1. The van der Waals surface area contributed by atoms with Crippen LogP contribution < -0.4 is 4.90 Å². The van der Waals surface area contributed by atoms with Crippen LogP contribution in [-0.4, -0.2) is 35.9 Å². The van der Waals surface area contributed by atoms with Gasteiger partial charge in [0.1, 0.15) is 0 Å². The Morgan fingerprint density at radius 2 is 2.04 bits per heavy atom. The predicted molar refractivity (Wildman–Crippen MR) is 103 cm³/mol. The van der Waals surface area contributed by atoms with E-state index in [1.807, 2.05) is 44.3 Å². The quantitative estimate of drug-likeness (QED) is 0.654. The van der Waals surface area contributed by atoms with Crippen molar-refractivity contribution in [2.24, 2.45) is 0 Å². The van der Waals surface area contributed by atoms with Gasteiger partial charge in [-0.25, -0.2) is 4.98 Å². The van der Waals surface area contributed by atoms with Gasteiger partial charge in [-0.05, 0) is 44.5 Å². The molecule has 0 radical (unpaired) electrons. The second-order valence-electron chi connectivity index (χ2n) is 5.71. The molecule has 2 heterocycles. The summed E-state index contributed by atoms with van der Waals surface area (Å²) in [5, 5.41) is 2.85. The maximum Gasteiger partial charge on any atom is 0.242 e. The normalized spacial score (nSPS) is 12.7. The number of thiazole rings is 1. The predicted octanol–water partition coefficient (Wildman–Crippen LogP) is 4.40. The van der Waals surface area contributed by atoms with Gasteiger partial charge in [-0.1, -0.05) is 29.5 Å². The number of hydrogen-bond donors (Lipinski definition) is 0. The lowest BCUT2D eigenvalue weighted by atomic mass is 10.2. The number of thiophene rings is 1. The molecule has 0 aliphatic carbocycles. The van der Waals surface area contributed by atoms with Crippen LogP contribution in [0, 0.1) is 0 Å². The molecule has 4 nitrogen and oxygen atoms in total. The first-order chi connectivity index (χ1) is 11.6. The number of para-hydroxylation sites is 1. The first-order valence-electron chi connectivity index (χ1n) is 7.99. The summed E-state index contributed by atoms with van der Waals surface area (Å²) in [6, 6.07) is 12.4. The Bertz CT molecular complexity index is 780. The smallest absolute Gasteiger partial charge is 0.242 e. The Labute approximate surface area is 150 Å². The maximum absolute atomic E-state index is 12.8. The fraction of sp³-hybridized carbons (Fsp3) is 0.333. The van der Waals surface area contributed by atoms with Crippen molar-refractivity contribution in [3.63, 3.8) is 0 Å². The number of rotatable bonds is 6. The van der Waals surface area contributed by atoms with E-state index in [2.05, 4.69) is 28.3 Å². The van der Waals surface area contributed by atoms with Crippen molar-refractivity contribution < 1.29 is 4.79 Å². The number of fused-ring (bicyclic) bond motifs is 1. The molecule has 0 spiro atoms. The highest BCUT2D eigenvalue weighted by atomic mass is 32.1. The highest BCUT2D eigenvalue weighted by Crippen LogP contribution is 2.29. The number of nitrogens with zero attached hydrogens (tertiary/aromatic N) is 3. The standard InChI is InChI=1S/C18H21N3OS2/c1-4-21(18-19-14-8-5-6-9-16(14)24-18)17(22)12-20(3)13(2)15-10-7-11-23-15/h5-11,13H,4,12H2,1-3H3. The maximum atomic E-state index is 12.8. The number of aromatic nitrogens is 1. The molecule has 0 saturated heterocycles. The lowest BCUT2D eigenvalue weighted by Gasteiger charge is -2.26. The molecule has 126 valence electrons. The zero-order chi connectivity index (χ0) is 17.1. The molecule has 6 heteroatoms. The van der Waals surface area contributed by atoms with Gasteiger partial charge < -0.3 is 0 Å². The molecule has 0 fully saturated rings. The molecule has 1 unspecified atom stereocenters. The van der Waals surface area contributed by atoms with Crippen LogP contribution >= 0.6 is 22.7 Å². The van der Waals surface area contributed by atoms with Gasteiger partial charge in [-0.3, -0.25) is 14.6 Å². The zero-order valence-corrected chi connectivity index (χ0v) is 15.7. The van der Waals surface area contributed by atoms with E-state index >= 15 is 0 Å². The van der Waals surface area contributed by atoms with Crippen LogP contribution in [0.25, 0.3) is 10.2 Å². The highest BCUT2D eigenvalue weighted by Gasteiger charge is 2.22. The molecule has 0 aliphatic rings. The van der Waals surface area contributed by atoms with Crippen molar-refractivity contribution >= 4 is 43.9 Å². The second kappa shape index (κ2) is 7.42. The van der Waals surface area contributed by atoms with Crippen LogP contribution in [0.3, 0.4) is 0 Å². The first kappa shape index (κ1) is 17.1. The minimum atomic E-state index is 0.0856. The molecule has 3 rings (SSSR count). The van der Waals surface area contributed by atoms with Gasteiger partial charge in [0.15, 0.2) is 5.13 Å². The van der Waals surface area contributed by atoms with Crippen LogP contribution in [0.1, 0.15) is 24.8 Å². The van der Waals surface area contributed by atoms with Crippen LogP contribution in [0.2, 0.25) is 0 Å². The van der Waals surface area contributed by atoms with Crippen LogP contribution in [-0.2, 0) is 4.79 Å². The van der Waals surface area contributed by atoms with Crippen molar-refractivity contribution in [2.45, 2.75) is 19.9 Å². The van der Waals surface area contributed by atoms with Gasteiger partial charge in [-0.15, -0.1) is 11.3 Å². The van der Waals surface area contributed by atoms with E-state index in [4.69, 9.17) is 0 Å². The SMILES string of the molecule is CCN(C(=O)CN(C)C(C)c1cccs1)c1nc2ccccc2s1. The average Bonchev–Trinajstić information content (AvgIpc) is 3.24. The van der Waals surface area contributed by atoms with E-state index < -0.39 is 0 Å². The molecule has 2 aromatic heterocycles. The van der Waals surface area contributed by atoms with Gasteiger partial charge >= 0.3 is 0 Å². The summed E-state index contributed by atoms with van der Waals surface area (Å²) >= 11 is 3.29. The lowest BCUT2D eigenvalue weighted by Crippen LogP contribution is -2.39. The Hall–Kier alpha value is -1.76. The monoisotopic (exact) mass is 359 g/mol. The third kappa shape index (κ3) is 3.50. The summed E-state index contributed by atoms with van der Waals surface area (Å²) < 4.78 is 1.11. The summed E-state index contributed by atoms with van der Waals surface area (Å²) in [5.74, 6) is 0.0856. The van der Waals surface area contributed by atoms with Gasteiger partial charge in [0.05, 0.1) is 16.8 Å². The zero-order valence-electron chi connectivity index (χ0n) is 14.1. The number of likely N-dealkylation sites (N-methyl/N-ethyl adjacent to an activating group) is 2. The van der Waals surface area contributed by atoms with Crippen molar-refractivity contribution in [2.75, 3.05) is 25.0 Å². The van der Waals surface area contributed by atoms with Crippen molar-refractivity contribution in [1.82, 2.24) is 9.88 Å². The Balaban J connectivity index is 1.74. The van der Waals surface area contributed by atoms with E-state index in [1.165, 1.54) is 4.88 Å². The number of hydrogen-bond acceptors (Lipinski definition) is 5. The first-order valence-corrected chi connectivity index (χ1v) is 9.69. The summed E-state index contributed by atoms with van der Waals surface area (Å²) in [5.41, 5.74) is 0.948. The number of amides is 1. The Morgan fingerprint density at radius 1 is 1.25 bits per heavy atom. The van der Waals surface area contributed by atoms with Crippen molar-refractivity contribution in [1.29, 1.82) is 0 Å². The molecule has 0 N–H and O–H groups in total. The third-order valence-corrected chi connectivity index (χ3v) is 6.23. The highest BCUT2D eigenvalue weighted by molar-refractivity contribution is 7.22. The molecule has 0 saturated carbocycles. The molecule has 3 aromatic rings. The minimum Gasteiger partial charge on any atom is -0.290 e. The largest absolute Gasteiger partial charge is 0.290 e. The molecule has 1 aromatic carbocycles. The summed E-state index contributed by atoms with van der Waals surface area (Å²) in [4.78, 5) is 22.5. The Kier molecular flexibility index (Phi) is 5.28. The minimum absolute atomic E-state index is 0.0856. The van der Waals surface area contributed by atoms with Gasteiger partial charge in [0.2, 0.25) is 5.91 Å². The van der Waals surface area contributed by atoms with Crippen LogP contribution in [0.4, 0.5) is 5.13 Å². The topological polar surface area (TPSA) is 36.4 Å². The van der Waals surface area contributed by atoms with Crippen LogP contribution in [0.5, 0.6) is 0 Å². The fourth-order valence-corrected chi connectivity index (χ4v) is 4.47. The van der Waals surface area contributed by atoms with Gasteiger partial charge in [0, 0.05) is 17.5 Å². The molecule has 24 heavy (non-hydrogen) atoms. The van der Waals surface area contributed by atoms with E-state index in [0.29, 0.717) is 13.1 Å². The summed E-state index contributed by atoms with van der Waals surface area (Å²) in [6.45, 7) is 5.13. The number of benzene rings is 1. The van der Waals surface area contributed by atoms with Crippen LogP contribution in [0.15, 0.2) is 41.8 Å². The summed E-state index contributed by atoms with van der Waals surface area (Å²) in [7, 11) is 1.99. The van der Waals surface area contributed by atoms with E-state index in [1.54, 1.807) is 27.6 Å².